The van der Waals surface area contributed by atoms with E-state index in [4.69, 9.17) is 9.26 Å². The number of aromatic nitrogens is 1. The number of nitrogens with zero attached hydrogens (tertiary/aromatic N) is 3. The van der Waals surface area contributed by atoms with Crippen molar-refractivity contribution in [2.75, 3.05) is 39.9 Å². The van der Waals surface area contributed by atoms with Gasteiger partial charge in [-0.3, -0.25) is 9.89 Å². The maximum Gasteiger partial charge on any atom is 0.191 e. The smallest absolute Gasteiger partial charge is 0.191 e. The lowest BCUT2D eigenvalue weighted by atomic mass is 10.0. The Hall–Kier alpha value is -0.870. The average molecular weight is 479 g/mol. The highest BCUT2D eigenvalue weighted by molar-refractivity contribution is 14.0. The Labute approximate surface area is 174 Å². The van der Waals surface area contributed by atoms with Gasteiger partial charge in [0.1, 0.15) is 5.76 Å². The number of aryl methyl sites for hydroxylation is 2. The van der Waals surface area contributed by atoms with Gasteiger partial charge in [0.05, 0.1) is 18.9 Å². The van der Waals surface area contributed by atoms with E-state index in [9.17, 15) is 0 Å². The fraction of sp³-hybridized carbons (Fsp3) is 0.778. The third-order valence-electron chi connectivity index (χ3n) is 4.82. The lowest BCUT2D eigenvalue weighted by Gasteiger charge is -2.41. The van der Waals surface area contributed by atoms with E-state index in [1.54, 1.807) is 7.05 Å². The molecule has 1 aromatic heterocycles. The van der Waals surface area contributed by atoms with Crippen LogP contribution in [0.25, 0.3) is 0 Å². The van der Waals surface area contributed by atoms with Gasteiger partial charge >= 0.3 is 0 Å². The van der Waals surface area contributed by atoms with Crippen LogP contribution in [0.4, 0.5) is 0 Å². The van der Waals surface area contributed by atoms with Crippen molar-refractivity contribution in [1.29, 1.82) is 0 Å². The maximum atomic E-state index is 5.45. The van der Waals surface area contributed by atoms with Crippen LogP contribution in [0.1, 0.15) is 44.7 Å². The quantitative estimate of drug-likeness (QED) is 0.355. The summed E-state index contributed by atoms with van der Waals surface area (Å²) in [5.74, 6) is 1.75. The van der Waals surface area contributed by atoms with Crippen LogP contribution in [-0.2, 0) is 24.1 Å². The molecule has 7 nitrogen and oxygen atoms in total. The molecule has 8 heteroatoms. The summed E-state index contributed by atoms with van der Waals surface area (Å²) in [6, 6.07) is 0. The minimum absolute atomic E-state index is 0. The molecular weight excluding hydrogens is 445 g/mol. The molecule has 0 spiro atoms. The first-order valence-corrected chi connectivity index (χ1v) is 9.25. The van der Waals surface area contributed by atoms with Crippen molar-refractivity contribution in [3.8, 4) is 0 Å². The summed E-state index contributed by atoms with van der Waals surface area (Å²) in [7, 11) is 1.80. The van der Waals surface area contributed by atoms with E-state index in [2.05, 4.69) is 53.4 Å². The van der Waals surface area contributed by atoms with E-state index >= 15 is 0 Å². The third kappa shape index (κ3) is 6.09. The predicted octanol–water partition coefficient (Wildman–Crippen LogP) is 2.19. The van der Waals surface area contributed by atoms with Gasteiger partial charge in [0, 0.05) is 50.7 Å². The zero-order valence-corrected chi connectivity index (χ0v) is 19.1. The standard InChI is InChI=1S/C18H33N5O2.HI/c1-6-15-14(16(7-2)25-22-15)12-20-17(19-5)21-13-18(3,4)23-8-10-24-11-9-23;/h6-13H2,1-5H3,(H2,19,20,21);1H. The van der Waals surface area contributed by atoms with E-state index in [0.29, 0.717) is 6.54 Å². The van der Waals surface area contributed by atoms with Gasteiger partial charge in [-0.15, -0.1) is 24.0 Å². The minimum Gasteiger partial charge on any atom is -0.379 e. The van der Waals surface area contributed by atoms with E-state index in [-0.39, 0.29) is 29.5 Å². The first kappa shape index (κ1) is 23.2. The first-order valence-electron chi connectivity index (χ1n) is 9.25. The minimum atomic E-state index is 0. The van der Waals surface area contributed by atoms with Gasteiger partial charge in [-0.25, -0.2) is 0 Å². The number of halogens is 1. The zero-order chi connectivity index (χ0) is 18.3. The Morgan fingerprint density at radius 1 is 1.19 bits per heavy atom. The summed E-state index contributed by atoms with van der Waals surface area (Å²) < 4.78 is 10.9. The van der Waals surface area contributed by atoms with Crippen molar-refractivity contribution >= 4 is 29.9 Å². The Balaban J connectivity index is 0.00000338. The molecule has 26 heavy (non-hydrogen) atoms. The molecule has 0 amide bonds. The summed E-state index contributed by atoms with van der Waals surface area (Å²) in [6.07, 6.45) is 1.72. The van der Waals surface area contributed by atoms with Gasteiger partial charge in [-0.1, -0.05) is 19.0 Å². The average Bonchev–Trinajstić information content (AvgIpc) is 3.04. The summed E-state index contributed by atoms with van der Waals surface area (Å²) in [5, 5.41) is 11.0. The molecule has 2 N–H and O–H groups in total. The normalized spacial score (nSPS) is 16.3. The second-order valence-electron chi connectivity index (χ2n) is 6.93. The van der Waals surface area contributed by atoms with Crippen molar-refractivity contribution in [2.24, 2.45) is 4.99 Å². The fourth-order valence-corrected chi connectivity index (χ4v) is 3.11. The molecule has 1 aromatic rings. The molecule has 0 aromatic carbocycles. The molecule has 1 aliphatic heterocycles. The molecule has 150 valence electrons. The van der Waals surface area contributed by atoms with Crippen LogP contribution < -0.4 is 10.6 Å². The van der Waals surface area contributed by atoms with E-state index in [1.165, 1.54) is 0 Å². The van der Waals surface area contributed by atoms with Gasteiger partial charge in [0.2, 0.25) is 0 Å². The zero-order valence-electron chi connectivity index (χ0n) is 16.7. The number of hydrogen-bond acceptors (Lipinski definition) is 5. The molecule has 1 saturated heterocycles. The lowest BCUT2D eigenvalue weighted by Crippen LogP contribution is -2.56. The van der Waals surface area contributed by atoms with E-state index in [0.717, 1.165) is 68.7 Å². The second-order valence-corrected chi connectivity index (χ2v) is 6.93. The Morgan fingerprint density at radius 2 is 1.88 bits per heavy atom. The second kappa shape index (κ2) is 11.1. The molecule has 1 aliphatic rings. The van der Waals surface area contributed by atoms with Crippen LogP contribution in [0.15, 0.2) is 9.52 Å². The molecule has 2 heterocycles. The van der Waals surface area contributed by atoms with Crippen LogP contribution in [0.3, 0.4) is 0 Å². The summed E-state index contributed by atoms with van der Waals surface area (Å²) in [4.78, 5) is 6.81. The van der Waals surface area contributed by atoms with Crippen molar-refractivity contribution in [1.82, 2.24) is 20.7 Å². The number of morpholine rings is 1. The van der Waals surface area contributed by atoms with E-state index < -0.39 is 0 Å². The predicted molar refractivity (Wildman–Crippen MR) is 115 cm³/mol. The molecule has 0 atom stereocenters. The van der Waals surface area contributed by atoms with Gasteiger partial charge in [-0.2, -0.15) is 0 Å². The molecule has 0 unspecified atom stereocenters. The largest absolute Gasteiger partial charge is 0.379 e. The third-order valence-corrected chi connectivity index (χ3v) is 4.82. The van der Waals surface area contributed by atoms with Crippen molar-refractivity contribution in [3.05, 3.63) is 17.0 Å². The Kier molecular flexibility index (Phi) is 9.88. The summed E-state index contributed by atoms with van der Waals surface area (Å²) in [5.41, 5.74) is 2.22. The summed E-state index contributed by atoms with van der Waals surface area (Å²) in [6.45, 7) is 13.7. The lowest BCUT2D eigenvalue weighted by molar-refractivity contribution is -0.00834. The SMILES string of the molecule is CCc1noc(CC)c1CNC(=NC)NCC(C)(C)N1CCOCC1.I. The van der Waals surface area contributed by atoms with Crippen molar-refractivity contribution in [3.63, 3.8) is 0 Å². The monoisotopic (exact) mass is 479 g/mol. The molecule has 1 fully saturated rings. The Bertz CT molecular complexity index is 546. The highest BCUT2D eigenvalue weighted by atomic mass is 127. The molecule has 0 saturated carbocycles. The fourth-order valence-electron chi connectivity index (χ4n) is 3.11. The van der Waals surface area contributed by atoms with Crippen molar-refractivity contribution in [2.45, 2.75) is 52.6 Å². The maximum absolute atomic E-state index is 5.45. The van der Waals surface area contributed by atoms with Gasteiger partial charge in [0.15, 0.2) is 5.96 Å². The number of ether oxygens (including phenoxy) is 1. The number of guanidine groups is 1. The Morgan fingerprint density at radius 3 is 2.46 bits per heavy atom. The van der Waals surface area contributed by atoms with Gasteiger partial charge < -0.3 is 19.9 Å². The van der Waals surface area contributed by atoms with Gasteiger partial charge in [0.25, 0.3) is 0 Å². The van der Waals surface area contributed by atoms with Crippen molar-refractivity contribution < 1.29 is 9.26 Å². The number of aliphatic imine (C=N–C) groups is 1. The van der Waals surface area contributed by atoms with Crippen LogP contribution in [0.5, 0.6) is 0 Å². The van der Waals surface area contributed by atoms with Gasteiger partial charge in [-0.05, 0) is 20.3 Å². The first-order chi connectivity index (χ1) is 12.0. The number of rotatable bonds is 7. The highest BCUT2D eigenvalue weighted by Crippen LogP contribution is 2.16. The number of nitrogens with one attached hydrogen (secondary N) is 2. The molecule has 0 aliphatic carbocycles. The molecule has 2 rings (SSSR count). The number of hydrogen-bond donors (Lipinski definition) is 2. The van der Waals surface area contributed by atoms with Crippen LogP contribution in [-0.4, -0.2) is 61.5 Å². The van der Waals surface area contributed by atoms with Crippen LogP contribution >= 0.6 is 24.0 Å². The van der Waals surface area contributed by atoms with Crippen LogP contribution in [0.2, 0.25) is 0 Å². The van der Waals surface area contributed by atoms with E-state index in [1.807, 2.05) is 0 Å². The molecule has 0 radical (unpaired) electrons. The van der Waals surface area contributed by atoms with Crippen LogP contribution in [0, 0.1) is 0 Å². The molecular formula is C18H34IN5O2. The summed E-state index contributed by atoms with van der Waals surface area (Å²) >= 11 is 0. The molecule has 0 bridgehead atoms. The topological polar surface area (TPSA) is 74.9 Å². The highest BCUT2D eigenvalue weighted by Gasteiger charge is 2.28.